The summed E-state index contributed by atoms with van der Waals surface area (Å²) in [6, 6.07) is 7.08. The molecule has 0 spiro atoms. The molecule has 0 aromatic heterocycles. The van der Waals surface area contributed by atoms with E-state index >= 15 is 0 Å². The van der Waals surface area contributed by atoms with Crippen molar-refractivity contribution in [3.63, 3.8) is 0 Å². The smallest absolute Gasteiger partial charge is 0.128 e. The molecule has 0 fully saturated rings. The highest BCUT2D eigenvalue weighted by molar-refractivity contribution is 5.25. The molecule has 0 aliphatic carbocycles. The van der Waals surface area contributed by atoms with Crippen molar-refractivity contribution in [2.24, 2.45) is 0 Å². The van der Waals surface area contributed by atoms with Crippen molar-refractivity contribution in [3.8, 4) is 0 Å². The fourth-order valence-electron chi connectivity index (χ4n) is 2.44. The Morgan fingerprint density at radius 3 is 2.37 bits per heavy atom. The molecule has 0 saturated carbocycles. The van der Waals surface area contributed by atoms with E-state index in [1.807, 2.05) is 12.1 Å². The summed E-state index contributed by atoms with van der Waals surface area (Å²) in [7, 11) is 4.12. The maximum atomic E-state index is 14.1. The second-order valence-corrected chi connectivity index (χ2v) is 5.51. The van der Waals surface area contributed by atoms with Crippen LogP contribution in [0.3, 0.4) is 0 Å². The van der Waals surface area contributed by atoms with Gasteiger partial charge in [0.05, 0.1) is 6.04 Å². The predicted octanol–water partition coefficient (Wildman–Crippen LogP) is 3.60. The first kappa shape index (κ1) is 16.1. The molecule has 0 aliphatic rings. The summed E-state index contributed by atoms with van der Waals surface area (Å²) in [5, 5.41) is 3.52. The molecule has 0 bridgehead atoms. The van der Waals surface area contributed by atoms with Gasteiger partial charge in [-0.1, -0.05) is 32.0 Å². The van der Waals surface area contributed by atoms with Crippen molar-refractivity contribution in [2.75, 3.05) is 20.6 Å². The number of benzene rings is 1. The predicted molar refractivity (Wildman–Crippen MR) is 79.8 cm³/mol. The minimum absolute atomic E-state index is 0.00588. The first-order valence-corrected chi connectivity index (χ1v) is 7.12. The summed E-state index contributed by atoms with van der Waals surface area (Å²) < 4.78 is 14.1. The molecule has 19 heavy (non-hydrogen) atoms. The monoisotopic (exact) mass is 266 g/mol. The van der Waals surface area contributed by atoms with E-state index in [1.165, 1.54) is 0 Å². The van der Waals surface area contributed by atoms with E-state index in [9.17, 15) is 4.39 Å². The molecular weight excluding hydrogens is 239 g/mol. The van der Waals surface area contributed by atoms with Crippen molar-refractivity contribution in [3.05, 3.63) is 35.6 Å². The zero-order valence-corrected chi connectivity index (χ0v) is 12.8. The van der Waals surface area contributed by atoms with Crippen LogP contribution in [0.5, 0.6) is 0 Å². The summed E-state index contributed by atoms with van der Waals surface area (Å²) in [5.41, 5.74) is 0.645. The Morgan fingerprint density at radius 2 is 1.89 bits per heavy atom. The molecule has 0 saturated heterocycles. The molecule has 3 heteroatoms. The average molecular weight is 266 g/mol. The summed E-state index contributed by atoms with van der Waals surface area (Å²) in [4.78, 5) is 2.19. The van der Waals surface area contributed by atoms with Gasteiger partial charge in [0.25, 0.3) is 0 Å². The highest BCUT2D eigenvalue weighted by Crippen LogP contribution is 2.33. The lowest BCUT2D eigenvalue weighted by molar-refractivity contribution is 0.111. The number of halogens is 1. The fraction of sp³-hybridized carbons (Fsp3) is 0.625. The summed E-state index contributed by atoms with van der Waals surface area (Å²) in [6.45, 7) is 7.36. The molecule has 0 amide bonds. The Morgan fingerprint density at radius 1 is 1.26 bits per heavy atom. The Hall–Kier alpha value is -0.930. The zero-order valence-electron chi connectivity index (χ0n) is 12.8. The highest BCUT2D eigenvalue weighted by Gasteiger charge is 2.36. The lowest BCUT2D eigenvalue weighted by Crippen LogP contribution is -2.51. The van der Waals surface area contributed by atoms with Gasteiger partial charge in [0, 0.05) is 11.1 Å². The summed E-state index contributed by atoms with van der Waals surface area (Å²) >= 11 is 0. The second-order valence-electron chi connectivity index (χ2n) is 5.51. The van der Waals surface area contributed by atoms with Gasteiger partial charge in [-0.05, 0) is 46.5 Å². The molecule has 0 radical (unpaired) electrons. The Balaban J connectivity index is 3.17. The Bertz CT molecular complexity index is 392. The Labute approximate surface area is 117 Å². The number of nitrogens with one attached hydrogen (secondary N) is 1. The van der Waals surface area contributed by atoms with E-state index in [0.29, 0.717) is 0 Å². The minimum Gasteiger partial charge on any atom is -0.308 e. The normalized spacial score (nSPS) is 16.4. The SMILES string of the molecule is CCCNC(c1ccccc1F)C(C)(CC)N(C)C. The van der Waals surface area contributed by atoms with E-state index in [0.717, 1.165) is 24.9 Å². The third-order valence-corrected chi connectivity index (χ3v) is 4.17. The van der Waals surface area contributed by atoms with Crippen LogP contribution in [0.25, 0.3) is 0 Å². The number of hydrogen-bond donors (Lipinski definition) is 1. The highest BCUT2D eigenvalue weighted by atomic mass is 19.1. The second kappa shape index (κ2) is 7.01. The lowest BCUT2D eigenvalue weighted by Gasteiger charge is -2.43. The third kappa shape index (κ3) is 3.54. The summed E-state index contributed by atoms with van der Waals surface area (Å²) in [6.07, 6.45) is 1.99. The average Bonchev–Trinajstić information content (AvgIpc) is 2.40. The van der Waals surface area contributed by atoms with Crippen molar-refractivity contribution < 1.29 is 4.39 Å². The van der Waals surface area contributed by atoms with E-state index in [-0.39, 0.29) is 17.4 Å². The topological polar surface area (TPSA) is 15.3 Å². The number of rotatable bonds is 7. The maximum Gasteiger partial charge on any atom is 0.128 e. The van der Waals surface area contributed by atoms with Gasteiger partial charge in [0.15, 0.2) is 0 Å². The molecule has 2 atom stereocenters. The first-order valence-electron chi connectivity index (χ1n) is 7.12. The zero-order chi connectivity index (χ0) is 14.5. The number of hydrogen-bond acceptors (Lipinski definition) is 2. The molecule has 1 aromatic rings. The van der Waals surface area contributed by atoms with Gasteiger partial charge in [-0.15, -0.1) is 0 Å². The quantitative estimate of drug-likeness (QED) is 0.811. The van der Waals surface area contributed by atoms with Gasteiger partial charge in [-0.2, -0.15) is 0 Å². The van der Waals surface area contributed by atoms with Gasteiger partial charge in [-0.25, -0.2) is 4.39 Å². The van der Waals surface area contributed by atoms with Crippen LogP contribution in [0.4, 0.5) is 4.39 Å². The molecule has 0 aliphatic heterocycles. The van der Waals surface area contributed by atoms with Crippen LogP contribution in [0.2, 0.25) is 0 Å². The maximum absolute atomic E-state index is 14.1. The van der Waals surface area contributed by atoms with Gasteiger partial charge in [-0.3, -0.25) is 0 Å². The fourth-order valence-corrected chi connectivity index (χ4v) is 2.44. The standard InChI is InChI=1S/C16H27FN2/c1-6-12-18-15(16(3,7-2)19(4)5)13-10-8-9-11-14(13)17/h8-11,15,18H,6-7,12H2,1-5H3. The number of nitrogens with zero attached hydrogens (tertiary/aromatic N) is 1. The van der Waals surface area contributed by atoms with Crippen LogP contribution < -0.4 is 5.32 Å². The van der Waals surface area contributed by atoms with Crippen molar-refractivity contribution >= 4 is 0 Å². The molecule has 2 nitrogen and oxygen atoms in total. The van der Waals surface area contributed by atoms with Crippen LogP contribution in [0.15, 0.2) is 24.3 Å². The van der Waals surface area contributed by atoms with Crippen molar-refractivity contribution in [1.29, 1.82) is 0 Å². The van der Waals surface area contributed by atoms with E-state index in [2.05, 4.69) is 45.1 Å². The van der Waals surface area contributed by atoms with Crippen LogP contribution >= 0.6 is 0 Å². The molecule has 2 unspecified atom stereocenters. The first-order chi connectivity index (χ1) is 8.97. The van der Waals surface area contributed by atoms with Crippen LogP contribution in [-0.2, 0) is 0 Å². The molecule has 1 rings (SSSR count). The number of likely N-dealkylation sites (N-methyl/N-ethyl adjacent to an activating group) is 1. The van der Waals surface area contributed by atoms with Gasteiger partial charge >= 0.3 is 0 Å². The van der Waals surface area contributed by atoms with Crippen molar-refractivity contribution in [1.82, 2.24) is 10.2 Å². The van der Waals surface area contributed by atoms with Crippen molar-refractivity contribution in [2.45, 2.75) is 45.2 Å². The lowest BCUT2D eigenvalue weighted by atomic mass is 9.83. The van der Waals surface area contributed by atoms with Crippen LogP contribution in [-0.4, -0.2) is 31.1 Å². The third-order valence-electron chi connectivity index (χ3n) is 4.17. The van der Waals surface area contributed by atoms with Crippen LogP contribution in [0, 0.1) is 5.82 Å². The van der Waals surface area contributed by atoms with Gasteiger partial charge < -0.3 is 10.2 Å². The molecule has 1 aromatic carbocycles. The van der Waals surface area contributed by atoms with E-state index in [1.54, 1.807) is 12.1 Å². The van der Waals surface area contributed by atoms with E-state index in [4.69, 9.17) is 0 Å². The van der Waals surface area contributed by atoms with E-state index < -0.39 is 0 Å². The molecular formula is C16H27FN2. The molecule has 1 N–H and O–H groups in total. The minimum atomic E-state index is -0.127. The Kier molecular flexibility index (Phi) is 5.95. The summed E-state index contributed by atoms with van der Waals surface area (Å²) in [5.74, 6) is -0.127. The molecule has 108 valence electrons. The van der Waals surface area contributed by atoms with Crippen LogP contribution in [0.1, 0.15) is 45.2 Å². The molecule has 0 heterocycles. The van der Waals surface area contributed by atoms with Gasteiger partial charge in [0.2, 0.25) is 0 Å². The van der Waals surface area contributed by atoms with Gasteiger partial charge in [0.1, 0.15) is 5.82 Å². The largest absolute Gasteiger partial charge is 0.308 e.